The van der Waals surface area contributed by atoms with E-state index in [0.29, 0.717) is 24.8 Å². The maximum Gasteiger partial charge on any atom is 0.243 e. The highest BCUT2D eigenvalue weighted by molar-refractivity contribution is 7.89. The Bertz CT molecular complexity index is 982. The second-order valence-electron chi connectivity index (χ2n) is 6.15. The van der Waals surface area contributed by atoms with Crippen LogP contribution in [0.2, 0.25) is 5.15 Å². The molecule has 28 heavy (non-hydrogen) atoms. The summed E-state index contributed by atoms with van der Waals surface area (Å²) in [4.78, 5) is 17.5. The number of rotatable bonds is 5. The van der Waals surface area contributed by atoms with Crippen LogP contribution in [0.1, 0.15) is 0 Å². The second-order valence-corrected chi connectivity index (χ2v) is 8.44. The van der Waals surface area contributed by atoms with Gasteiger partial charge in [0.25, 0.3) is 0 Å². The Morgan fingerprint density at radius 2 is 1.86 bits per heavy atom. The fourth-order valence-electron chi connectivity index (χ4n) is 2.79. The van der Waals surface area contributed by atoms with Crippen LogP contribution in [-0.4, -0.2) is 61.2 Å². The molecule has 2 aromatic rings. The number of sulfonamides is 1. The predicted molar refractivity (Wildman–Crippen MR) is 99.4 cm³/mol. The zero-order valence-corrected chi connectivity index (χ0v) is 16.2. The van der Waals surface area contributed by atoms with Crippen LogP contribution in [-0.2, 0) is 14.8 Å². The van der Waals surface area contributed by atoms with E-state index in [1.54, 1.807) is 17.0 Å². The number of carbonyl (C=O) groups excluding carboxylic acids is 1. The van der Waals surface area contributed by atoms with E-state index in [1.807, 2.05) is 0 Å². The second kappa shape index (κ2) is 8.48. The molecule has 7 nitrogen and oxygen atoms in total. The van der Waals surface area contributed by atoms with Crippen LogP contribution in [0.3, 0.4) is 0 Å². The van der Waals surface area contributed by atoms with Gasteiger partial charge in [-0.05, 0) is 30.3 Å². The van der Waals surface area contributed by atoms with Crippen molar-refractivity contribution in [3.8, 4) is 0 Å². The average molecular weight is 431 g/mol. The van der Waals surface area contributed by atoms with Crippen molar-refractivity contribution in [3.63, 3.8) is 0 Å². The lowest BCUT2D eigenvalue weighted by atomic mass is 10.3. The first-order valence-electron chi connectivity index (χ1n) is 8.35. The van der Waals surface area contributed by atoms with Crippen LogP contribution in [0.5, 0.6) is 0 Å². The van der Waals surface area contributed by atoms with Crippen molar-refractivity contribution >= 4 is 33.2 Å². The molecule has 0 atom stereocenters. The fraction of sp³-hybridized carbons (Fsp3) is 0.294. The third-order valence-electron chi connectivity index (χ3n) is 4.26. The van der Waals surface area contributed by atoms with Gasteiger partial charge in [-0.25, -0.2) is 22.2 Å². The standard InChI is InChI=1S/C17H17ClF2N4O3S/c18-17-15(2-1-5-21-17)22-16(25)11-23-6-8-24(9-7-23)28(26,27)12-3-4-13(19)14(20)10-12/h1-5,10H,6-9,11H2,(H,22,25). The lowest BCUT2D eigenvalue weighted by Gasteiger charge is -2.33. The number of piperazine rings is 1. The van der Waals surface area contributed by atoms with Gasteiger partial charge in [0, 0.05) is 32.4 Å². The monoisotopic (exact) mass is 430 g/mol. The van der Waals surface area contributed by atoms with Gasteiger partial charge in [-0.2, -0.15) is 4.31 Å². The van der Waals surface area contributed by atoms with E-state index < -0.39 is 21.7 Å². The number of nitrogens with one attached hydrogen (secondary N) is 1. The van der Waals surface area contributed by atoms with Gasteiger partial charge in [0.05, 0.1) is 17.1 Å². The molecule has 1 aromatic heterocycles. The van der Waals surface area contributed by atoms with Gasteiger partial charge in [-0.15, -0.1) is 0 Å². The molecule has 0 radical (unpaired) electrons. The third kappa shape index (κ3) is 4.64. The fourth-order valence-corrected chi connectivity index (χ4v) is 4.39. The van der Waals surface area contributed by atoms with Gasteiger partial charge in [0.1, 0.15) is 0 Å². The van der Waals surface area contributed by atoms with Crippen LogP contribution in [0, 0.1) is 11.6 Å². The largest absolute Gasteiger partial charge is 0.322 e. The zero-order valence-electron chi connectivity index (χ0n) is 14.6. The quantitative estimate of drug-likeness (QED) is 0.733. The zero-order chi connectivity index (χ0) is 20.3. The molecule has 1 N–H and O–H groups in total. The Balaban J connectivity index is 1.57. The normalized spacial score (nSPS) is 16.1. The summed E-state index contributed by atoms with van der Waals surface area (Å²) in [7, 11) is -3.93. The van der Waals surface area contributed by atoms with Gasteiger partial charge in [-0.3, -0.25) is 9.69 Å². The Hall–Kier alpha value is -2.14. The third-order valence-corrected chi connectivity index (χ3v) is 6.46. The van der Waals surface area contributed by atoms with E-state index in [-0.39, 0.29) is 35.6 Å². The molecule has 11 heteroatoms. The van der Waals surface area contributed by atoms with Gasteiger partial charge in [0.15, 0.2) is 16.8 Å². The highest BCUT2D eigenvalue weighted by Crippen LogP contribution is 2.20. The first kappa shape index (κ1) is 20.6. The van der Waals surface area contributed by atoms with Crippen molar-refractivity contribution in [2.24, 2.45) is 0 Å². The highest BCUT2D eigenvalue weighted by atomic mass is 35.5. The molecule has 1 saturated heterocycles. The lowest BCUT2D eigenvalue weighted by Crippen LogP contribution is -2.50. The number of halogens is 3. The van der Waals surface area contributed by atoms with Crippen molar-refractivity contribution in [1.82, 2.24) is 14.2 Å². The molecule has 150 valence electrons. The van der Waals surface area contributed by atoms with Gasteiger partial charge in [-0.1, -0.05) is 11.6 Å². The smallest absolute Gasteiger partial charge is 0.243 e. The number of pyridine rings is 1. The van der Waals surface area contributed by atoms with E-state index >= 15 is 0 Å². The molecule has 1 aliphatic rings. The number of benzene rings is 1. The molecule has 3 rings (SSSR count). The molecule has 0 spiro atoms. The van der Waals surface area contributed by atoms with Crippen LogP contribution in [0.25, 0.3) is 0 Å². The first-order chi connectivity index (χ1) is 13.3. The molecular formula is C17H17ClF2N4O3S. The number of carbonyl (C=O) groups is 1. The van der Waals surface area contributed by atoms with Crippen LogP contribution < -0.4 is 5.32 Å². The minimum Gasteiger partial charge on any atom is -0.322 e. The molecule has 1 amide bonds. The Labute approximate surface area is 166 Å². The van der Waals surface area contributed by atoms with Gasteiger partial charge < -0.3 is 5.32 Å². The summed E-state index contributed by atoms with van der Waals surface area (Å²) in [6.07, 6.45) is 1.50. The summed E-state index contributed by atoms with van der Waals surface area (Å²) in [5, 5.41) is 2.83. The summed E-state index contributed by atoms with van der Waals surface area (Å²) in [6, 6.07) is 5.75. The molecule has 0 unspecified atom stereocenters. The van der Waals surface area contributed by atoms with Crippen molar-refractivity contribution in [2.45, 2.75) is 4.90 Å². The number of hydrogen-bond donors (Lipinski definition) is 1. The lowest BCUT2D eigenvalue weighted by molar-refractivity contribution is -0.117. The Morgan fingerprint density at radius 3 is 2.50 bits per heavy atom. The van der Waals surface area contributed by atoms with Crippen molar-refractivity contribution in [2.75, 3.05) is 38.0 Å². The average Bonchev–Trinajstić information content (AvgIpc) is 2.66. The van der Waals surface area contributed by atoms with Crippen LogP contribution in [0.4, 0.5) is 14.5 Å². The van der Waals surface area contributed by atoms with Gasteiger partial charge in [0.2, 0.25) is 15.9 Å². The van der Waals surface area contributed by atoms with E-state index in [2.05, 4.69) is 10.3 Å². The Kier molecular flexibility index (Phi) is 6.23. The topological polar surface area (TPSA) is 82.6 Å². The summed E-state index contributed by atoms with van der Waals surface area (Å²) in [5.41, 5.74) is 0.397. The predicted octanol–water partition coefficient (Wildman–Crippen LogP) is 1.96. The number of amides is 1. The van der Waals surface area contributed by atoms with Crippen LogP contribution >= 0.6 is 11.6 Å². The molecule has 0 saturated carbocycles. The first-order valence-corrected chi connectivity index (χ1v) is 10.2. The van der Waals surface area contributed by atoms with Crippen molar-refractivity contribution < 1.29 is 22.0 Å². The number of hydrogen-bond acceptors (Lipinski definition) is 5. The number of aromatic nitrogens is 1. The molecular weight excluding hydrogens is 414 g/mol. The minimum absolute atomic E-state index is 0.0598. The highest BCUT2D eigenvalue weighted by Gasteiger charge is 2.29. The minimum atomic E-state index is -3.93. The molecule has 1 aliphatic heterocycles. The molecule has 1 fully saturated rings. The number of anilines is 1. The maximum absolute atomic E-state index is 13.4. The molecule has 2 heterocycles. The SMILES string of the molecule is O=C(CN1CCN(S(=O)(=O)c2ccc(F)c(F)c2)CC1)Nc1cccnc1Cl. The van der Waals surface area contributed by atoms with E-state index in [1.165, 1.54) is 10.5 Å². The van der Waals surface area contributed by atoms with E-state index in [0.717, 1.165) is 12.1 Å². The van der Waals surface area contributed by atoms with Gasteiger partial charge >= 0.3 is 0 Å². The van der Waals surface area contributed by atoms with Crippen molar-refractivity contribution in [1.29, 1.82) is 0 Å². The molecule has 0 bridgehead atoms. The van der Waals surface area contributed by atoms with Crippen molar-refractivity contribution in [3.05, 3.63) is 53.3 Å². The van der Waals surface area contributed by atoms with E-state index in [9.17, 15) is 22.0 Å². The summed E-state index contributed by atoms with van der Waals surface area (Å²) >= 11 is 5.90. The number of nitrogens with zero attached hydrogens (tertiary/aromatic N) is 3. The summed E-state index contributed by atoms with van der Waals surface area (Å²) in [6.45, 7) is 0.947. The van der Waals surface area contributed by atoms with Crippen LogP contribution in [0.15, 0.2) is 41.4 Å². The maximum atomic E-state index is 13.4. The molecule has 1 aromatic carbocycles. The summed E-state index contributed by atoms with van der Waals surface area (Å²) in [5.74, 6) is -2.62. The Morgan fingerprint density at radius 1 is 1.14 bits per heavy atom. The summed E-state index contributed by atoms with van der Waals surface area (Å²) < 4.78 is 52.7. The molecule has 0 aliphatic carbocycles. The van der Waals surface area contributed by atoms with E-state index in [4.69, 9.17) is 11.6 Å².